The molecule has 0 saturated carbocycles. The van der Waals surface area contributed by atoms with Crippen LogP contribution in [0.3, 0.4) is 0 Å². The lowest BCUT2D eigenvalue weighted by atomic mass is 10.2. The van der Waals surface area contributed by atoms with Gasteiger partial charge in [-0.05, 0) is 17.7 Å². The van der Waals surface area contributed by atoms with Crippen molar-refractivity contribution in [3.63, 3.8) is 0 Å². The topological polar surface area (TPSA) is 60.9 Å². The van der Waals surface area contributed by atoms with Crippen LogP contribution < -0.4 is 0 Å². The number of aliphatic hydroxyl groups excluding tert-OH is 1. The van der Waals surface area contributed by atoms with Crippen molar-refractivity contribution in [3.05, 3.63) is 76.4 Å². The molecular formula is C22H21FN2O3S2. The highest BCUT2D eigenvalue weighted by atomic mass is 32.2. The van der Waals surface area contributed by atoms with Crippen molar-refractivity contribution >= 4 is 46.2 Å². The molecule has 0 radical (unpaired) electrons. The van der Waals surface area contributed by atoms with Gasteiger partial charge in [0.15, 0.2) is 0 Å². The normalized spacial score (nSPS) is 15.1. The Balaban J connectivity index is 1.64. The maximum Gasteiger partial charge on any atom is 0.266 e. The van der Waals surface area contributed by atoms with Gasteiger partial charge in [0.1, 0.15) is 10.1 Å². The van der Waals surface area contributed by atoms with Crippen molar-refractivity contribution in [1.29, 1.82) is 0 Å². The molecule has 8 heteroatoms. The first-order valence-corrected chi connectivity index (χ1v) is 10.6. The van der Waals surface area contributed by atoms with E-state index in [-0.39, 0.29) is 37.9 Å². The van der Waals surface area contributed by atoms with Gasteiger partial charge in [0, 0.05) is 31.6 Å². The van der Waals surface area contributed by atoms with Crippen LogP contribution in [0.5, 0.6) is 0 Å². The van der Waals surface area contributed by atoms with E-state index < -0.39 is 5.82 Å². The van der Waals surface area contributed by atoms with Crippen LogP contribution in [0, 0.1) is 5.82 Å². The molecule has 1 fully saturated rings. The average Bonchev–Trinajstić information content (AvgIpc) is 3.01. The summed E-state index contributed by atoms with van der Waals surface area (Å²) in [5, 5.41) is 9.30. The van der Waals surface area contributed by atoms with Crippen LogP contribution in [-0.4, -0.2) is 50.7 Å². The molecule has 156 valence electrons. The first-order chi connectivity index (χ1) is 14.5. The zero-order valence-electron chi connectivity index (χ0n) is 16.2. The van der Waals surface area contributed by atoms with Crippen molar-refractivity contribution in [2.75, 3.05) is 19.7 Å². The van der Waals surface area contributed by atoms with E-state index in [1.807, 2.05) is 30.3 Å². The monoisotopic (exact) mass is 444 g/mol. The fraction of sp³-hybridized carbons (Fsp3) is 0.227. The number of hydrogen-bond donors (Lipinski definition) is 1. The second-order valence-electron chi connectivity index (χ2n) is 6.63. The standard InChI is InChI=1S/C22H21FN2O3S2/c23-18-9-5-4-8-17(18)14-19-21(28)25(22(29)30-19)11-10-20(27)24(12-13-26)15-16-6-2-1-3-7-16/h1-9,14,26H,10-13,15H2. The van der Waals surface area contributed by atoms with Gasteiger partial charge in [-0.2, -0.15) is 0 Å². The highest BCUT2D eigenvalue weighted by Crippen LogP contribution is 2.33. The van der Waals surface area contributed by atoms with Gasteiger partial charge < -0.3 is 10.0 Å². The number of rotatable bonds is 8. The van der Waals surface area contributed by atoms with Crippen molar-refractivity contribution < 1.29 is 19.1 Å². The maximum absolute atomic E-state index is 13.9. The molecule has 1 aliphatic heterocycles. The number of amides is 2. The SMILES string of the molecule is O=C(CCN1C(=O)C(=Cc2ccccc2F)SC1=S)N(CCO)Cc1ccccc1. The number of carbonyl (C=O) groups is 2. The number of benzene rings is 2. The second kappa shape index (κ2) is 10.5. The van der Waals surface area contributed by atoms with E-state index in [0.29, 0.717) is 21.3 Å². The van der Waals surface area contributed by atoms with E-state index in [4.69, 9.17) is 12.2 Å². The van der Waals surface area contributed by atoms with Gasteiger partial charge in [0.2, 0.25) is 5.91 Å². The van der Waals surface area contributed by atoms with E-state index in [2.05, 4.69) is 0 Å². The van der Waals surface area contributed by atoms with Gasteiger partial charge in [-0.15, -0.1) is 0 Å². The Hall–Kier alpha value is -2.55. The van der Waals surface area contributed by atoms with Crippen LogP contribution in [0.2, 0.25) is 0 Å². The molecule has 3 rings (SSSR count). The predicted octanol–water partition coefficient (Wildman–Crippen LogP) is 3.44. The summed E-state index contributed by atoms with van der Waals surface area (Å²) in [5.74, 6) is -0.934. The molecule has 1 saturated heterocycles. The van der Waals surface area contributed by atoms with E-state index >= 15 is 0 Å². The first kappa shape index (κ1) is 22.1. The van der Waals surface area contributed by atoms with Crippen LogP contribution in [0.1, 0.15) is 17.5 Å². The molecule has 0 atom stereocenters. The first-order valence-electron chi connectivity index (χ1n) is 9.42. The number of thioether (sulfide) groups is 1. The summed E-state index contributed by atoms with van der Waals surface area (Å²) < 4.78 is 14.2. The largest absolute Gasteiger partial charge is 0.395 e. The minimum Gasteiger partial charge on any atom is -0.395 e. The van der Waals surface area contributed by atoms with E-state index in [1.54, 1.807) is 23.1 Å². The summed E-state index contributed by atoms with van der Waals surface area (Å²) in [6, 6.07) is 15.7. The fourth-order valence-corrected chi connectivity index (χ4v) is 4.31. The van der Waals surface area contributed by atoms with Gasteiger partial charge >= 0.3 is 0 Å². The number of aliphatic hydroxyl groups is 1. The van der Waals surface area contributed by atoms with Gasteiger partial charge in [0.05, 0.1) is 11.5 Å². The number of nitrogens with zero attached hydrogens (tertiary/aromatic N) is 2. The molecule has 2 amide bonds. The quantitative estimate of drug-likeness (QED) is 0.499. The Morgan fingerprint density at radius 2 is 1.87 bits per heavy atom. The molecular weight excluding hydrogens is 423 g/mol. The fourth-order valence-electron chi connectivity index (χ4n) is 3.01. The Kier molecular flexibility index (Phi) is 7.73. The summed E-state index contributed by atoms with van der Waals surface area (Å²) in [4.78, 5) is 28.6. The third kappa shape index (κ3) is 5.53. The lowest BCUT2D eigenvalue weighted by Crippen LogP contribution is -2.37. The molecule has 2 aromatic carbocycles. The van der Waals surface area contributed by atoms with Crippen LogP contribution in [0.4, 0.5) is 4.39 Å². The van der Waals surface area contributed by atoms with Crippen molar-refractivity contribution in [1.82, 2.24) is 9.80 Å². The summed E-state index contributed by atoms with van der Waals surface area (Å²) in [7, 11) is 0. The molecule has 1 aliphatic rings. The van der Waals surface area contributed by atoms with Crippen molar-refractivity contribution in [3.8, 4) is 0 Å². The number of hydrogen-bond acceptors (Lipinski definition) is 5. The molecule has 0 bridgehead atoms. The number of thiocarbonyl (C=S) groups is 1. The molecule has 5 nitrogen and oxygen atoms in total. The van der Waals surface area contributed by atoms with Crippen LogP contribution >= 0.6 is 24.0 Å². The number of halogens is 1. The molecule has 0 unspecified atom stereocenters. The summed E-state index contributed by atoms with van der Waals surface area (Å²) in [6.45, 7) is 0.574. The maximum atomic E-state index is 13.9. The van der Waals surface area contributed by atoms with Crippen LogP contribution in [0.25, 0.3) is 6.08 Å². The molecule has 2 aromatic rings. The Bertz CT molecular complexity index is 966. The Morgan fingerprint density at radius 3 is 2.57 bits per heavy atom. The van der Waals surface area contributed by atoms with Crippen molar-refractivity contribution in [2.45, 2.75) is 13.0 Å². The van der Waals surface area contributed by atoms with Crippen molar-refractivity contribution in [2.24, 2.45) is 0 Å². The second-order valence-corrected chi connectivity index (χ2v) is 8.31. The van der Waals surface area contributed by atoms with Crippen LogP contribution in [0.15, 0.2) is 59.5 Å². The van der Waals surface area contributed by atoms with Gasteiger partial charge in [-0.1, -0.05) is 72.5 Å². The van der Waals surface area contributed by atoms with Crippen LogP contribution in [-0.2, 0) is 16.1 Å². The predicted molar refractivity (Wildman–Crippen MR) is 120 cm³/mol. The Labute approximate surface area is 184 Å². The summed E-state index contributed by atoms with van der Waals surface area (Å²) in [5.41, 5.74) is 1.27. The molecule has 0 spiro atoms. The third-order valence-electron chi connectivity index (χ3n) is 4.55. The minimum atomic E-state index is -0.418. The molecule has 1 N–H and O–H groups in total. The average molecular weight is 445 g/mol. The third-order valence-corrected chi connectivity index (χ3v) is 5.93. The zero-order valence-corrected chi connectivity index (χ0v) is 17.8. The molecule has 0 aliphatic carbocycles. The molecule has 0 aromatic heterocycles. The zero-order chi connectivity index (χ0) is 21.5. The summed E-state index contributed by atoms with van der Waals surface area (Å²) in [6.07, 6.45) is 1.55. The van der Waals surface area contributed by atoms with E-state index in [1.165, 1.54) is 17.0 Å². The highest BCUT2D eigenvalue weighted by molar-refractivity contribution is 8.26. The van der Waals surface area contributed by atoms with E-state index in [0.717, 1.165) is 17.3 Å². The van der Waals surface area contributed by atoms with Gasteiger partial charge in [0.25, 0.3) is 5.91 Å². The lowest BCUT2D eigenvalue weighted by Gasteiger charge is -2.23. The summed E-state index contributed by atoms with van der Waals surface area (Å²) >= 11 is 6.38. The molecule has 1 heterocycles. The van der Waals surface area contributed by atoms with Gasteiger partial charge in [-0.25, -0.2) is 4.39 Å². The number of carbonyl (C=O) groups excluding carboxylic acids is 2. The lowest BCUT2D eigenvalue weighted by molar-refractivity contribution is -0.132. The molecule has 30 heavy (non-hydrogen) atoms. The smallest absolute Gasteiger partial charge is 0.266 e. The van der Waals surface area contributed by atoms with E-state index in [9.17, 15) is 19.1 Å². The van der Waals surface area contributed by atoms with Gasteiger partial charge in [-0.3, -0.25) is 14.5 Å². The Morgan fingerprint density at radius 1 is 1.17 bits per heavy atom. The highest BCUT2D eigenvalue weighted by Gasteiger charge is 2.32. The minimum absolute atomic E-state index is 0.0756.